The smallest absolute Gasteiger partial charge is 0.317 e. The normalized spacial score (nSPS) is 10.6. The molecule has 43 heavy (non-hydrogen) atoms. The summed E-state index contributed by atoms with van der Waals surface area (Å²) >= 11 is 0. The third-order valence-electron chi connectivity index (χ3n) is 6.99. The van der Waals surface area contributed by atoms with E-state index in [1.165, 1.54) is 0 Å². The number of carbonyl (C=O) groups is 2. The summed E-state index contributed by atoms with van der Waals surface area (Å²) in [5.41, 5.74) is 6.38. The van der Waals surface area contributed by atoms with Gasteiger partial charge in [-0.15, -0.1) is 0 Å². The van der Waals surface area contributed by atoms with Crippen molar-refractivity contribution in [3.05, 3.63) is 102 Å². The number of carbonyl (C=O) groups excluding carboxylic acids is 2. The zero-order chi connectivity index (χ0) is 30.6. The van der Waals surface area contributed by atoms with E-state index < -0.39 is 0 Å². The van der Waals surface area contributed by atoms with Crippen LogP contribution in [0.15, 0.2) is 85.1 Å². The second-order valence-corrected chi connectivity index (χ2v) is 9.86. The van der Waals surface area contributed by atoms with Gasteiger partial charge in [0.1, 0.15) is 5.75 Å². The molecule has 4 rings (SSSR count). The van der Waals surface area contributed by atoms with Gasteiger partial charge in [0.2, 0.25) is 5.88 Å². The van der Waals surface area contributed by atoms with Crippen LogP contribution in [-0.2, 0) is 29.0 Å². The molecule has 1 aromatic heterocycles. The third kappa shape index (κ3) is 8.35. The number of benzene rings is 3. The SMILES string of the molecule is CCOC(=O)Cc1ccc(OC)c(-c2ccc(-c3ccc(OCC)nc3)cc2CN(CC)C(=O)NCc2ccccc2)c1. The molecule has 4 aromatic rings. The van der Waals surface area contributed by atoms with E-state index >= 15 is 0 Å². The molecular formula is C35H39N3O5. The summed E-state index contributed by atoms with van der Waals surface area (Å²) < 4.78 is 16.4. The highest BCUT2D eigenvalue weighted by Crippen LogP contribution is 2.36. The molecule has 0 fully saturated rings. The summed E-state index contributed by atoms with van der Waals surface area (Å²) in [7, 11) is 1.62. The molecule has 0 spiro atoms. The maximum Gasteiger partial charge on any atom is 0.317 e. The van der Waals surface area contributed by atoms with Crippen molar-refractivity contribution in [2.24, 2.45) is 0 Å². The van der Waals surface area contributed by atoms with Gasteiger partial charge >= 0.3 is 12.0 Å². The van der Waals surface area contributed by atoms with Crippen molar-refractivity contribution < 1.29 is 23.8 Å². The molecule has 0 aliphatic heterocycles. The Hall–Kier alpha value is -4.85. The van der Waals surface area contributed by atoms with Crippen molar-refractivity contribution in [3.63, 3.8) is 0 Å². The molecule has 8 heteroatoms. The Morgan fingerprint density at radius 3 is 2.30 bits per heavy atom. The van der Waals surface area contributed by atoms with Crippen LogP contribution in [0, 0.1) is 0 Å². The van der Waals surface area contributed by atoms with Crippen molar-refractivity contribution in [1.29, 1.82) is 0 Å². The number of hydrogen-bond donors (Lipinski definition) is 1. The standard InChI is InChI=1S/C35H39N3O5/c1-5-38(35(40)37-22-25-11-9-8-10-12-25)24-29-21-27(28-15-18-33(36-23-28)42-6-2)14-16-30(29)31-19-26(13-17-32(31)41-4)20-34(39)43-7-3/h8-19,21,23H,5-7,20,22,24H2,1-4H3,(H,37,40). The molecule has 0 saturated carbocycles. The van der Waals surface area contributed by atoms with E-state index in [4.69, 9.17) is 14.2 Å². The van der Waals surface area contributed by atoms with E-state index in [0.717, 1.165) is 38.9 Å². The first-order valence-electron chi connectivity index (χ1n) is 14.6. The first-order valence-corrected chi connectivity index (χ1v) is 14.6. The van der Waals surface area contributed by atoms with E-state index in [9.17, 15) is 9.59 Å². The average Bonchev–Trinajstić information content (AvgIpc) is 3.03. The van der Waals surface area contributed by atoms with Crippen LogP contribution in [0.4, 0.5) is 4.79 Å². The predicted molar refractivity (Wildman–Crippen MR) is 168 cm³/mol. The number of nitrogens with one attached hydrogen (secondary N) is 1. The number of ether oxygens (including phenoxy) is 3. The highest BCUT2D eigenvalue weighted by atomic mass is 16.5. The van der Waals surface area contributed by atoms with Crippen LogP contribution < -0.4 is 14.8 Å². The van der Waals surface area contributed by atoms with Gasteiger partial charge < -0.3 is 24.4 Å². The highest BCUT2D eigenvalue weighted by Gasteiger charge is 2.19. The van der Waals surface area contributed by atoms with E-state index in [-0.39, 0.29) is 18.4 Å². The van der Waals surface area contributed by atoms with E-state index in [1.54, 1.807) is 25.1 Å². The van der Waals surface area contributed by atoms with Crippen LogP contribution in [0.3, 0.4) is 0 Å². The van der Waals surface area contributed by atoms with Crippen molar-refractivity contribution in [3.8, 4) is 33.9 Å². The lowest BCUT2D eigenvalue weighted by molar-refractivity contribution is -0.142. The summed E-state index contributed by atoms with van der Waals surface area (Å²) in [6.07, 6.45) is 1.94. The molecule has 0 saturated heterocycles. The zero-order valence-electron chi connectivity index (χ0n) is 25.3. The van der Waals surface area contributed by atoms with Gasteiger partial charge in [-0.3, -0.25) is 4.79 Å². The number of aromatic nitrogens is 1. The Morgan fingerprint density at radius 2 is 1.63 bits per heavy atom. The summed E-state index contributed by atoms with van der Waals surface area (Å²) in [5.74, 6) is 0.948. The molecule has 2 amide bonds. The lowest BCUT2D eigenvalue weighted by atomic mass is 9.93. The maximum absolute atomic E-state index is 13.3. The second kappa shape index (κ2) is 15.4. The van der Waals surface area contributed by atoms with Gasteiger partial charge in [-0.1, -0.05) is 48.5 Å². The number of urea groups is 1. The molecule has 3 aromatic carbocycles. The Bertz CT molecular complexity index is 1510. The fourth-order valence-corrected chi connectivity index (χ4v) is 4.82. The van der Waals surface area contributed by atoms with E-state index in [0.29, 0.717) is 44.5 Å². The Balaban J connectivity index is 1.72. The first kappa shape index (κ1) is 31.1. The van der Waals surface area contributed by atoms with Crippen LogP contribution in [-0.4, -0.2) is 48.8 Å². The Morgan fingerprint density at radius 1 is 0.837 bits per heavy atom. The molecule has 0 atom stereocenters. The summed E-state index contributed by atoms with van der Waals surface area (Å²) in [4.78, 5) is 31.8. The molecule has 8 nitrogen and oxygen atoms in total. The first-order chi connectivity index (χ1) is 20.9. The molecule has 1 N–H and O–H groups in total. The molecular weight excluding hydrogens is 542 g/mol. The molecule has 0 aliphatic rings. The van der Waals surface area contributed by atoms with Crippen molar-refractivity contribution in [1.82, 2.24) is 15.2 Å². The van der Waals surface area contributed by atoms with Crippen LogP contribution >= 0.6 is 0 Å². The van der Waals surface area contributed by atoms with Crippen molar-refractivity contribution in [2.45, 2.75) is 40.3 Å². The molecule has 1 heterocycles. The summed E-state index contributed by atoms with van der Waals surface area (Å²) in [6.45, 7) is 7.85. The summed E-state index contributed by atoms with van der Waals surface area (Å²) in [5, 5.41) is 3.05. The highest BCUT2D eigenvalue weighted by molar-refractivity contribution is 5.80. The minimum Gasteiger partial charge on any atom is -0.496 e. The van der Waals surface area contributed by atoms with Gasteiger partial charge in [-0.05, 0) is 72.9 Å². The van der Waals surface area contributed by atoms with Gasteiger partial charge in [-0.25, -0.2) is 9.78 Å². The molecule has 224 valence electrons. The van der Waals surface area contributed by atoms with Crippen LogP contribution in [0.2, 0.25) is 0 Å². The van der Waals surface area contributed by atoms with Gasteiger partial charge in [0.15, 0.2) is 0 Å². The van der Waals surface area contributed by atoms with Gasteiger partial charge in [0.25, 0.3) is 0 Å². The predicted octanol–water partition coefficient (Wildman–Crippen LogP) is 6.66. The number of nitrogens with zero attached hydrogens (tertiary/aromatic N) is 2. The van der Waals surface area contributed by atoms with Gasteiger partial charge in [0.05, 0.1) is 26.7 Å². The van der Waals surface area contributed by atoms with Crippen molar-refractivity contribution in [2.75, 3.05) is 26.9 Å². The lowest BCUT2D eigenvalue weighted by Crippen LogP contribution is -2.39. The van der Waals surface area contributed by atoms with Crippen LogP contribution in [0.1, 0.15) is 37.5 Å². The summed E-state index contributed by atoms with van der Waals surface area (Å²) in [6, 6.07) is 25.3. The van der Waals surface area contributed by atoms with E-state index in [2.05, 4.69) is 16.4 Å². The number of methoxy groups -OCH3 is 1. The van der Waals surface area contributed by atoms with Gasteiger partial charge in [0, 0.05) is 43.0 Å². The maximum atomic E-state index is 13.3. The quantitative estimate of drug-likeness (QED) is 0.178. The molecule has 0 radical (unpaired) electrons. The fraction of sp³-hybridized carbons (Fsp3) is 0.286. The number of rotatable bonds is 13. The zero-order valence-corrected chi connectivity index (χ0v) is 25.3. The Labute approximate surface area is 253 Å². The number of hydrogen-bond acceptors (Lipinski definition) is 6. The second-order valence-electron chi connectivity index (χ2n) is 9.86. The van der Waals surface area contributed by atoms with E-state index in [1.807, 2.05) is 86.6 Å². The number of amides is 2. The van der Waals surface area contributed by atoms with Crippen LogP contribution in [0.5, 0.6) is 11.6 Å². The molecule has 0 unspecified atom stereocenters. The largest absolute Gasteiger partial charge is 0.496 e. The van der Waals surface area contributed by atoms with Crippen molar-refractivity contribution >= 4 is 12.0 Å². The topological polar surface area (TPSA) is 90.0 Å². The number of pyridine rings is 1. The molecule has 0 bridgehead atoms. The monoisotopic (exact) mass is 581 g/mol. The molecule has 0 aliphatic carbocycles. The minimum atomic E-state index is -0.288. The number of esters is 1. The van der Waals surface area contributed by atoms with Gasteiger partial charge in [-0.2, -0.15) is 0 Å². The fourth-order valence-electron chi connectivity index (χ4n) is 4.82. The Kier molecular flexibility index (Phi) is 11.1. The average molecular weight is 582 g/mol. The minimum absolute atomic E-state index is 0.152. The lowest BCUT2D eigenvalue weighted by Gasteiger charge is -2.24. The third-order valence-corrected chi connectivity index (χ3v) is 6.99. The van der Waals surface area contributed by atoms with Crippen LogP contribution in [0.25, 0.3) is 22.3 Å².